The van der Waals surface area contributed by atoms with Gasteiger partial charge in [-0.05, 0) is 46.0 Å². The number of benzene rings is 4. The summed E-state index contributed by atoms with van der Waals surface area (Å²) < 4.78 is 103. The maximum absolute atomic E-state index is 13.6. The Balaban J connectivity index is 1.55. The van der Waals surface area contributed by atoms with Crippen molar-refractivity contribution in [2.45, 2.75) is 88.6 Å². The van der Waals surface area contributed by atoms with Crippen LogP contribution in [-0.2, 0) is 50.9 Å². The van der Waals surface area contributed by atoms with Gasteiger partial charge in [0.25, 0.3) is 8.32 Å². The van der Waals surface area contributed by atoms with E-state index in [2.05, 4.69) is 62.4 Å². The number of ether oxygens (including phenoxy) is 4. The van der Waals surface area contributed by atoms with Crippen LogP contribution in [0.5, 0.6) is 0 Å². The molecule has 4 aromatic carbocycles. The normalized spacial score (nSPS) is 18.6. The summed E-state index contributed by atoms with van der Waals surface area (Å²) in [5, 5.41) is 1.73. The van der Waals surface area contributed by atoms with Gasteiger partial charge in [0.2, 0.25) is 0 Å². The molecule has 56 heavy (non-hydrogen) atoms. The molecule has 0 bridgehead atoms. The number of alkyl halides is 3. The highest BCUT2D eigenvalue weighted by Crippen LogP contribution is 2.40. The summed E-state index contributed by atoms with van der Waals surface area (Å²) in [5.41, 5.74) is -4.17. The summed E-state index contributed by atoms with van der Waals surface area (Å²) in [7, 11) is -9.20. The second-order valence-corrected chi connectivity index (χ2v) is 20.9. The third-order valence-corrected chi connectivity index (χ3v) is 15.4. The van der Waals surface area contributed by atoms with Crippen LogP contribution >= 0.6 is 0 Å². The van der Waals surface area contributed by atoms with Gasteiger partial charge in [0.05, 0.1) is 19.8 Å². The van der Waals surface area contributed by atoms with Gasteiger partial charge in [0.15, 0.2) is 5.79 Å². The van der Waals surface area contributed by atoms with E-state index in [1.54, 1.807) is 68.4 Å². The number of halogens is 3. The molecule has 1 aliphatic rings. The highest BCUT2D eigenvalue weighted by atomic mass is 32.2. The molecule has 8 nitrogen and oxygen atoms in total. The minimum Gasteiger partial charge on any atom is -0.405 e. The van der Waals surface area contributed by atoms with Gasteiger partial charge >= 0.3 is 15.6 Å². The van der Waals surface area contributed by atoms with Gasteiger partial charge in [-0.15, -0.1) is 0 Å². The maximum atomic E-state index is 13.6. The summed E-state index contributed by atoms with van der Waals surface area (Å²) in [6.45, 7) is 17.7. The molecular formula is C43H49F3O8SSi. The first kappa shape index (κ1) is 43.0. The molecule has 0 aliphatic carbocycles. The number of rotatable bonds is 17. The first-order valence-corrected chi connectivity index (χ1v) is 21.5. The Labute approximate surface area is 329 Å². The lowest BCUT2D eigenvalue weighted by atomic mass is 9.96. The van der Waals surface area contributed by atoms with Gasteiger partial charge in [0, 0.05) is 0 Å². The van der Waals surface area contributed by atoms with Gasteiger partial charge in [-0.2, -0.15) is 21.6 Å². The van der Waals surface area contributed by atoms with E-state index >= 15 is 0 Å². The monoisotopic (exact) mass is 810 g/mol. The second-order valence-electron chi connectivity index (χ2n) is 15.0. The van der Waals surface area contributed by atoms with Crippen LogP contribution < -0.4 is 10.4 Å². The topological polar surface area (TPSA) is 89.5 Å². The summed E-state index contributed by atoms with van der Waals surface area (Å²) >= 11 is 0. The van der Waals surface area contributed by atoms with E-state index in [4.69, 9.17) is 23.4 Å². The fourth-order valence-electron chi connectivity index (χ4n) is 6.90. The summed E-state index contributed by atoms with van der Waals surface area (Å²) in [5.74, 6) is -2.01. The van der Waals surface area contributed by atoms with Crippen LogP contribution in [-0.4, -0.2) is 59.1 Å². The smallest absolute Gasteiger partial charge is 0.405 e. The van der Waals surface area contributed by atoms with Crippen LogP contribution in [0.15, 0.2) is 146 Å². The first-order valence-electron chi connectivity index (χ1n) is 18.1. The van der Waals surface area contributed by atoms with E-state index in [0.29, 0.717) is 5.56 Å². The average Bonchev–Trinajstić information content (AvgIpc) is 3.47. The van der Waals surface area contributed by atoms with Gasteiger partial charge in [-0.1, -0.05) is 155 Å². The van der Waals surface area contributed by atoms with Crippen LogP contribution in [0.4, 0.5) is 13.2 Å². The fourth-order valence-corrected chi connectivity index (χ4v) is 11.9. The lowest BCUT2D eigenvalue weighted by Crippen LogP contribution is -2.67. The average molecular weight is 811 g/mol. The van der Waals surface area contributed by atoms with Crippen LogP contribution in [0.3, 0.4) is 0 Å². The van der Waals surface area contributed by atoms with E-state index in [9.17, 15) is 21.6 Å². The Morgan fingerprint density at radius 2 is 1.16 bits per heavy atom. The fraction of sp³-hybridized carbons (Fsp3) is 0.349. The Kier molecular flexibility index (Phi) is 13.5. The van der Waals surface area contributed by atoms with Crippen molar-refractivity contribution in [3.8, 4) is 0 Å². The zero-order valence-electron chi connectivity index (χ0n) is 32.2. The molecule has 1 saturated heterocycles. The summed E-state index contributed by atoms with van der Waals surface area (Å²) in [6, 6.07) is 38.0. The minimum atomic E-state index is -6.13. The Bertz CT molecular complexity index is 1970. The molecule has 5 rings (SSSR count). The molecule has 0 spiro atoms. The van der Waals surface area contributed by atoms with Gasteiger partial charge < -0.3 is 27.6 Å². The number of hydrogen-bond acceptors (Lipinski definition) is 8. The van der Waals surface area contributed by atoms with Crippen molar-refractivity contribution >= 4 is 28.8 Å². The molecule has 0 N–H and O–H groups in total. The summed E-state index contributed by atoms with van der Waals surface area (Å²) in [4.78, 5) is 0. The second kappa shape index (κ2) is 17.6. The van der Waals surface area contributed by atoms with Gasteiger partial charge in [0.1, 0.15) is 30.2 Å². The van der Waals surface area contributed by atoms with Crippen LogP contribution in [0.2, 0.25) is 5.04 Å². The minimum absolute atomic E-state index is 0.0290. The lowest BCUT2D eigenvalue weighted by Gasteiger charge is -2.43. The van der Waals surface area contributed by atoms with Crippen molar-refractivity contribution in [1.29, 1.82) is 0 Å². The molecule has 0 saturated carbocycles. The van der Waals surface area contributed by atoms with E-state index in [1.165, 1.54) is 0 Å². The first-order chi connectivity index (χ1) is 26.3. The molecule has 300 valence electrons. The van der Waals surface area contributed by atoms with Crippen LogP contribution in [0, 0.1) is 0 Å². The van der Waals surface area contributed by atoms with E-state index in [1.807, 2.05) is 42.5 Å². The number of hydrogen-bond donors (Lipinski definition) is 0. The van der Waals surface area contributed by atoms with Crippen molar-refractivity contribution in [3.63, 3.8) is 0 Å². The maximum Gasteiger partial charge on any atom is 0.534 e. The van der Waals surface area contributed by atoms with Crippen molar-refractivity contribution in [1.82, 2.24) is 0 Å². The predicted molar refractivity (Wildman–Crippen MR) is 212 cm³/mol. The standard InChI is InChI=1S/C43H49F3O8SSi/c1-31(38-37(52-42(6,7)53-38)30-51-56(41(3,4)5,35-24-16-10-17-25-35)36-26-18-11-19-27-36)39(49-28-33-20-12-8-13-21-33)40(50-29-34-22-14-9-15-23-34)32(2)54-55(47,48)43(44,45)46/h8-27,37-40H,1-2,28-30H2,3-7H3/t37-,38-,39-,40-/m0/s1. The van der Waals surface area contributed by atoms with E-state index < -0.39 is 59.9 Å². The van der Waals surface area contributed by atoms with E-state index in [0.717, 1.165) is 15.9 Å². The predicted octanol–water partition coefficient (Wildman–Crippen LogP) is 8.19. The SMILES string of the molecule is C=C(OS(=O)(=O)C(F)(F)F)[C@H](OCc1ccccc1)[C@@H](OCc1ccccc1)C(=C)[C@@H]1OC(C)(C)O[C@H]1CO[Si](c1ccccc1)(c1ccccc1)C(C)(C)C. The highest BCUT2D eigenvalue weighted by Gasteiger charge is 2.54. The quantitative estimate of drug-likeness (QED) is 0.0347. The Hall–Kier alpha value is -4.08. The molecule has 1 heterocycles. The van der Waals surface area contributed by atoms with Crippen molar-refractivity contribution < 1.29 is 49.1 Å². The van der Waals surface area contributed by atoms with E-state index in [-0.39, 0.29) is 30.4 Å². The Morgan fingerprint density at radius 1 is 0.732 bits per heavy atom. The van der Waals surface area contributed by atoms with Gasteiger partial charge in [-0.25, -0.2) is 0 Å². The molecule has 0 amide bonds. The third-order valence-electron chi connectivity index (χ3n) is 9.43. The molecule has 0 unspecified atom stereocenters. The third kappa shape index (κ3) is 10.1. The van der Waals surface area contributed by atoms with Crippen molar-refractivity contribution in [2.24, 2.45) is 0 Å². The molecular weight excluding hydrogens is 762 g/mol. The molecule has 0 radical (unpaired) electrons. The van der Waals surface area contributed by atoms with Crippen LogP contribution in [0.25, 0.3) is 0 Å². The Morgan fingerprint density at radius 3 is 1.59 bits per heavy atom. The molecule has 0 aromatic heterocycles. The zero-order chi connectivity index (χ0) is 40.8. The van der Waals surface area contributed by atoms with Crippen molar-refractivity contribution in [3.05, 3.63) is 157 Å². The molecule has 1 fully saturated rings. The molecule has 13 heteroatoms. The van der Waals surface area contributed by atoms with Gasteiger partial charge in [-0.3, -0.25) is 0 Å². The molecule has 4 aromatic rings. The summed E-state index contributed by atoms with van der Waals surface area (Å²) in [6.07, 6.45) is -4.74. The molecule has 4 atom stereocenters. The zero-order valence-corrected chi connectivity index (χ0v) is 34.0. The van der Waals surface area contributed by atoms with Crippen LogP contribution in [0.1, 0.15) is 45.7 Å². The van der Waals surface area contributed by atoms with Crippen molar-refractivity contribution in [2.75, 3.05) is 6.61 Å². The lowest BCUT2D eigenvalue weighted by molar-refractivity contribution is -0.148. The highest BCUT2D eigenvalue weighted by molar-refractivity contribution is 7.87. The molecule has 1 aliphatic heterocycles. The largest absolute Gasteiger partial charge is 0.534 e.